The maximum atomic E-state index is 12.4. The topological polar surface area (TPSA) is 55.5 Å². The Labute approximate surface area is 111 Å². The quantitative estimate of drug-likeness (QED) is 0.894. The summed E-state index contributed by atoms with van der Waals surface area (Å²) in [5.74, 6) is 0.233. The third-order valence-electron chi connectivity index (χ3n) is 2.31. The third kappa shape index (κ3) is 3.60. The van der Waals surface area contributed by atoms with E-state index in [0.29, 0.717) is 11.1 Å². The van der Waals surface area contributed by atoms with E-state index in [2.05, 4.69) is 15.9 Å². The lowest BCUT2D eigenvalue weighted by molar-refractivity contribution is -0.210. The van der Waals surface area contributed by atoms with Crippen LogP contribution in [0, 0.1) is 0 Å². The molecule has 0 saturated heterocycles. The molecule has 0 fully saturated rings. The number of hydrogen-bond donors (Lipinski definition) is 2. The van der Waals surface area contributed by atoms with Crippen molar-refractivity contribution in [1.29, 1.82) is 0 Å². The predicted molar refractivity (Wildman–Crippen MR) is 64.3 cm³/mol. The number of aliphatic hydroxyl groups excluding tert-OH is 1. The molecule has 1 rings (SSSR count). The molecule has 0 amide bonds. The number of hydrogen-bond acceptors (Lipinski definition) is 3. The van der Waals surface area contributed by atoms with Gasteiger partial charge in [-0.2, -0.15) is 13.2 Å². The van der Waals surface area contributed by atoms with Crippen molar-refractivity contribution in [2.45, 2.75) is 25.2 Å². The molecule has 18 heavy (non-hydrogen) atoms. The van der Waals surface area contributed by atoms with Gasteiger partial charge in [0.15, 0.2) is 6.10 Å². The van der Waals surface area contributed by atoms with Crippen molar-refractivity contribution < 1.29 is 23.0 Å². The van der Waals surface area contributed by atoms with Gasteiger partial charge in [-0.1, -0.05) is 15.9 Å². The van der Waals surface area contributed by atoms with Gasteiger partial charge in [-0.25, -0.2) is 0 Å². The second kappa shape index (κ2) is 5.90. The zero-order valence-electron chi connectivity index (χ0n) is 9.54. The molecule has 0 aromatic heterocycles. The summed E-state index contributed by atoms with van der Waals surface area (Å²) in [5, 5.41) is 9.17. The first-order valence-corrected chi connectivity index (χ1v) is 5.99. The van der Waals surface area contributed by atoms with Gasteiger partial charge in [0.2, 0.25) is 0 Å². The fraction of sp³-hybridized carbons (Fsp3) is 0.455. The van der Waals surface area contributed by atoms with Crippen LogP contribution in [0.25, 0.3) is 0 Å². The Morgan fingerprint density at radius 2 is 2.06 bits per heavy atom. The summed E-state index contributed by atoms with van der Waals surface area (Å²) in [5.41, 5.74) is 5.56. The van der Waals surface area contributed by atoms with Crippen LogP contribution < -0.4 is 10.5 Å². The second-order valence-corrected chi connectivity index (χ2v) is 4.54. The highest BCUT2D eigenvalue weighted by Crippen LogP contribution is 2.34. The highest BCUT2D eigenvalue weighted by molar-refractivity contribution is 9.10. The first-order chi connectivity index (χ1) is 8.27. The summed E-state index contributed by atoms with van der Waals surface area (Å²) in [6, 6.07) is 2.95. The molecule has 0 heterocycles. The summed E-state index contributed by atoms with van der Waals surface area (Å²) in [6.45, 7) is 2.00. The Bertz CT molecular complexity index is 412. The van der Waals surface area contributed by atoms with E-state index < -0.39 is 18.3 Å². The van der Waals surface area contributed by atoms with Crippen molar-refractivity contribution in [3.8, 4) is 5.75 Å². The maximum absolute atomic E-state index is 12.4. The Hall–Kier alpha value is -0.790. The van der Waals surface area contributed by atoms with Crippen molar-refractivity contribution >= 4 is 15.9 Å². The normalized spacial score (nSPS) is 15.3. The number of benzene rings is 1. The number of rotatable bonds is 4. The highest BCUT2D eigenvalue weighted by atomic mass is 79.9. The van der Waals surface area contributed by atoms with Crippen LogP contribution in [0.3, 0.4) is 0 Å². The third-order valence-corrected chi connectivity index (χ3v) is 2.80. The van der Waals surface area contributed by atoms with Crippen LogP contribution in [-0.2, 0) is 0 Å². The average molecular weight is 328 g/mol. The molecule has 2 atom stereocenters. The standard InChI is InChI=1S/C11H13BrF3NO2/c1-2-18-8-4-3-6(12)5-7(8)9(16)10(17)11(13,14)15/h3-5,9-10,17H,2,16H2,1H3/t9-,10-/m0/s1. The molecule has 3 nitrogen and oxygen atoms in total. The molecule has 102 valence electrons. The number of nitrogens with two attached hydrogens (primary N) is 1. The lowest BCUT2D eigenvalue weighted by Gasteiger charge is -2.23. The molecule has 0 radical (unpaired) electrons. The second-order valence-electron chi connectivity index (χ2n) is 3.63. The molecule has 0 unspecified atom stereocenters. The summed E-state index contributed by atoms with van der Waals surface area (Å²) in [4.78, 5) is 0. The summed E-state index contributed by atoms with van der Waals surface area (Å²) < 4.78 is 43.0. The van der Waals surface area contributed by atoms with E-state index in [0.717, 1.165) is 0 Å². The van der Waals surface area contributed by atoms with E-state index in [9.17, 15) is 18.3 Å². The molecule has 0 saturated carbocycles. The smallest absolute Gasteiger partial charge is 0.416 e. The minimum atomic E-state index is -4.77. The number of halogens is 4. The summed E-state index contributed by atoms with van der Waals surface area (Å²) >= 11 is 3.14. The van der Waals surface area contributed by atoms with Crippen LogP contribution in [0.2, 0.25) is 0 Å². The van der Waals surface area contributed by atoms with Crippen LogP contribution in [-0.4, -0.2) is 24.0 Å². The van der Waals surface area contributed by atoms with E-state index in [4.69, 9.17) is 10.5 Å². The Morgan fingerprint density at radius 1 is 1.44 bits per heavy atom. The molecular weight excluding hydrogens is 315 g/mol. The van der Waals surface area contributed by atoms with Gasteiger partial charge in [0.1, 0.15) is 5.75 Å². The van der Waals surface area contributed by atoms with Gasteiger partial charge in [-0.3, -0.25) is 0 Å². The lowest BCUT2D eigenvalue weighted by Crippen LogP contribution is -2.39. The first kappa shape index (κ1) is 15.3. The van der Waals surface area contributed by atoms with Crippen LogP contribution in [0.15, 0.2) is 22.7 Å². The fourth-order valence-corrected chi connectivity index (χ4v) is 1.82. The van der Waals surface area contributed by atoms with Crippen molar-refractivity contribution in [2.75, 3.05) is 6.61 Å². The first-order valence-electron chi connectivity index (χ1n) is 5.20. The molecule has 0 aliphatic heterocycles. The molecule has 3 N–H and O–H groups in total. The molecule has 0 aliphatic carbocycles. The SMILES string of the molecule is CCOc1ccc(Br)cc1[C@H](N)[C@H](O)C(F)(F)F. The van der Waals surface area contributed by atoms with Gasteiger partial charge in [0.25, 0.3) is 0 Å². The molecule has 0 aliphatic rings. The number of ether oxygens (including phenoxy) is 1. The van der Waals surface area contributed by atoms with Gasteiger partial charge in [0.05, 0.1) is 12.6 Å². The van der Waals surface area contributed by atoms with E-state index in [-0.39, 0.29) is 11.3 Å². The monoisotopic (exact) mass is 327 g/mol. The van der Waals surface area contributed by atoms with Crippen LogP contribution in [0.1, 0.15) is 18.5 Å². The summed E-state index contributed by atoms with van der Waals surface area (Å²) in [6.07, 6.45) is -7.41. The van der Waals surface area contributed by atoms with Crippen molar-refractivity contribution in [2.24, 2.45) is 5.73 Å². The zero-order chi connectivity index (χ0) is 13.9. The fourth-order valence-electron chi connectivity index (χ4n) is 1.44. The van der Waals surface area contributed by atoms with Gasteiger partial charge in [-0.15, -0.1) is 0 Å². The Kier molecular flexibility index (Phi) is 5.01. The van der Waals surface area contributed by atoms with Crippen molar-refractivity contribution in [1.82, 2.24) is 0 Å². The largest absolute Gasteiger partial charge is 0.494 e. The molecule has 0 bridgehead atoms. The Morgan fingerprint density at radius 3 is 2.56 bits per heavy atom. The van der Waals surface area contributed by atoms with Crippen LogP contribution in [0.4, 0.5) is 13.2 Å². The van der Waals surface area contributed by atoms with Gasteiger partial charge in [-0.05, 0) is 25.1 Å². The van der Waals surface area contributed by atoms with E-state index >= 15 is 0 Å². The maximum Gasteiger partial charge on any atom is 0.416 e. The number of aliphatic hydroxyl groups is 1. The van der Waals surface area contributed by atoms with E-state index in [1.807, 2.05) is 0 Å². The van der Waals surface area contributed by atoms with E-state index in [1.54, 1.807) is 13.0 Å². The lowest BCUT2D eigenvalue weighted by atomic mass is 10.0. The highest BCUT2D eigenvalue weighted by Gasteiger charge is 2.43. The molecular formula is C11H13BrF3NO2. The minimum absolute atomic E-state index is 0.107. The van der Waals surface area contributed by atoms with Gasteiger partial charge < -0.3 is 15.6 Å². The minimum Gasteiger partial charge on any atom is -0.494 e. The van der Waals surface area contributed by atoms with Crippen molar-refractivity contribution in [3.63, 3.8) is 0 Å². The van der Waals surface area contributed by atoms with E-state index in [1.165, 1.54) is 12.1 Å². The van der Waals surface area contributed by atoms with Gasteiger partial charge in [0, 0.05) is 10.0 Å². The predicted octanol–water partition coefficient (Wildman–Crippen LogP) is 2.77. The molecule has 7 heteroatoms. The zero-order valence-corrected chi connectivity index (χ0v) is 11.1. The summed E-state index contributed by atoms with van der Waals surface area (Å²) in [7, 11) is 0. The average Bonchev–Trinajstić information content (AvgIpc) is 2.28. The molecule has 0 spiro atoms. The molecule has 1 aromatic carbocycles. The number of alkyl halides is 3. The van der Waals surface area contributed by atoms with Crippen LogP contribution >= 0.6 is 15.9 Å². The van der Waals surface area contributed by atoms with Gasteiger partial charge >= 0.3 is 6.18 Å². The van der Waals surface area contributed by atoms with Crippen LogP contribution in [0.5, 0.6) is 5.75 Å². The Balaban J connectivity index is 3.10. The van der Waals surface area contributed by atoms with Crippen molar-refractivity contribution in [3.05, 3.63) is 28.2 Å². The molecule has 1 aromatic rings.